The molecule has 7 heterocycles. The fraction of sp³-hybridized carbons (Fsp3) is 0.0720. The Morgan fingerprint density at radius 2 is 0.398 bits per heavy atom. The summed E-state index contributed by atoms with van der Waals surface area (Å²) in [5.41, 5.74) is 42.3. The summed E-state index contributed by atoms with van der Waals surface area (Å²) in [6, 6.07) is 151. The molecule has 0 amide bonds. The van der Waals surface area contributed by atoms with Crippen LogP contribution in [0.15, 0.2) is 400 Å². The van der Waals surface area contributed by atoms with Gasteiger partial charge in [-0.3, -0.25) is 4.57 Å². The summed E-state index contributed by atoms with van der Waals surface area (Å²) in [6.45, 7) is 14.2. The minimum absolute atomic E-state index is 0.127. The zero-order valence-electron chi connectivity index (χ0n) is 74.2. The van der Waals surface area contributed by atoms with E-state index in [4.69, 9.17) is 10.2 Å². The van der Waals surface area contributed by atoms with Crippen LogP contribution >= 0.6 is 0 Å². The molecule has 0 saturated carbocycles. The molecular weight excluding hydrogens is 1610 g/mol. The lowest BCUT2D eigenvalue weighted by molar-refractivity contribution is 0.660. The van der Waals surface area contributed by atoms with Gasteiger partial charge in [-0.25, -0.2) is 0 Å². The largest absolute Gasteiger partial charge is 0.309 e. The lowest BCUT2D eigenvalue weighted by Crippen LogP contribution is -2.15. The van der Waals surface area contributed by atoms with Gasteiger partial charge < -0.3 is 22.8 Å². The van der Waals surface area contributed by atoms with Gasteiger partial charge in [0.25, 0.3) is 0 Å². The van der Waals surface area contributed by atoms with Gasteiger partial charge in [0.1, 0.15) is 5.69 Å². The summed E-state index contributed by atoms with van der Waals surface area (Å²) >= 11 is 0. The van der Waals surface area contributed by atoms with Crippen LogP contribution in [0.4, 0.5) is 0 Å². The minimum atomic E-state index is -0.138. The van der Waals surface area contributed by atoms with E-state index in [2.05, 4.69) is 469 Å². The monoisotopic (exact) mass is 1700 g/mol. The number of nitrogens with zero attached hydrogens (tertiary/aromatic N) is 8. The van der Waals surface area contributed by atoms with Crippen LogP contribution in [0.25, 0.3) is 243 Å². The fourth-order valence-electron chi connectivity index (χ4n) is 24.6. The van der Waals surface area contributed by atoms with Gasteiger partial charge in [-0.15, -0.1) is 10.2 Å². The van der Waals surface area contributed by atoms with E-state index in [0.717, 1.165) is 127 Å². The zero-order chi connectivity index (χ0) is 87.9. The molecule has 0 aliphatic heterocycles. The molecule has 8 heteroatoms. The van der Waals surface area contributed by atoms with E-state index in [9.17, 15) is 0 Å². The van der Waals surface area contributed by atoms with E-state index in [1.165, 1.54) is 149 Å². The van der Waals surface area contributed by atoms with Crippen molar-refractivity contribution in [2.75, 3.05) is 0 Å². The Labute approximate surface area is 766 Å². The normalized spacial score (nSPS) is 14.0. The molecule has 0 bridgehead atoms. The van der Waals surface area contributed by atoms with Gasteiger partial charge in [-0.05, 0) is 264 Å². The first-order valence-corrected chi connectivity index (χ1v) is 46.5. The Kier molecular flexibility index (Phi) is 14.9. The molecule has 133 heavy (non-hydrogen) atoms. The number of rotatable bonds is 9. The van der Waals surface area contributed by atoms with Crippen LogP contribution in [0.1, 0.15) is 74.9 Å². The van der Waals surface area contributed by atoms with Crippen molar-refractivity contribution in [3.05, 3.63) is 434 Å². The van der Waals surface area contributed by atoms with Crippen molar-refractivity contribution >= 4 is 142 Å². The number of benzene rings is 19. The fourth-order valence-corrected chi connectivity index (χ4v) is 24.6. The second kappa shape index (κ2) is 26.8. The predicted octanol–water partition coefficient (Wildman–Crippen LogP) is 32.1. The highest BCUT2D eigenvalue weighted by molar-refractivity contribution is 6.19. The first-order valence-electron chi connectivity index (χ1n) is 46.5. The van der Waals surface area contributed by atoms with Gasteiger partial charge in [0.05, 0.1) is 71.7 Å². The Balaban J connectivity index is 0.603. The van der Waals surface area contributed by atoms with Gasteiger partial charge in [-0.2, -0.15) is 0 Å². The SMILES string of the molecule is CC1(C)c2ccccc2-c2ccc(-n3c4ccccc4c4cc(-c5ccc6c(c5)c5ccccc5n6-c5ccc6nnc(-n7c8ccccc8c8cc(-c9ccc%10c(c9)c9ccccc9n%10-c9ccc%10c(c9)C(C)(C)c9ccccc9-%10)ccc87)c(-n7c8ccccc8c8cc(-c9ccc%10c(c9)c9ccccc9n%10-c9ccc%10c(c9)C(C)(C)c9ccccc9-%10)ccc87)c6c5)ccc43)cc21. The number of fused-ring (bicyclic) bond motifs is 28. The van der Waals surface area contributed by atoms with Crippen molar-refractivity contribution in [2.24, 2.45) is 0 Å². The van der Waals surface area contributed by atoms with Crippen LogP contribution in [0, 0.1) is 0 Å². The van der Waals surface area contributed by atoms with Crippen LogP contribution in [0.2, 0.25) is 0 Å². The van der Waals surface area contributed by atoms with Crippen LogP contribution in [-0.4, -0.2) is 37.6 Å². The molecule has 0 saturated heterocycles. The zero-order valence-corrected chi connectivity index (χ0v) is 74.2. The first kappa shape index (κ1) is 74.3. The Hall–Kier alpha value is -16.7. The standard InChI is InChI=1S/C125H84N8/c1-123(2)102-34-16-7-25-83(102)86-53-49-80(70-105(86)123)129-110-38-20-11-29-90(110)96-64-74(44-58-116(96)129)73-43-57-115-95(63-73)89-28-10-19-37-109(89)128(115)79-52-56-108-101(69-79)121(132-113-41-23-14-32-93(113)99-67-77(47-61-119(99)132)75-45-59-117-97(65-75)91-30-12-21-39-111(91)130(117)81-50-54-87-84-26-8-17-35-103(84)124(3,4)106(87)71-81)122(127-126-108)133-114-42-24-15-33-94(114)100-68-78(48-62-120(100)133)76-46-60-118-98(66-76)92-31-13-22-40-112(92)131(118)82-51-55-88-85-27-9-18-36-104(85)125(5,6)107(88)72-82/h7-72H,1-6H3. The third-order valence-electron chi connectivity index (χ3n) is 30.9. The number of hydrogen-bond donors (Lipinski definition) is 0. The second-order valence-electron chi connectivity index (χ2n) is 38.8. The number of hydrogen-bond acceptors (Lipinski definition) is 2. The molecule has 3 aliphatic rings. The third kappa shape index (κ3) is 10.2. The van der Waals surface area contributed by atoms with E-state index < -0.39 is 0 Å². The van der Waals surface area contributed by atoms with Crippen molar-refractivity contribution in [1.82, 2.24) is 37.6 Å². The Bertz CT molecular complexity index is 9710. The van der Waals surface area contributed by atoms with E-state index in [1.807, 2.05) is 0 Å². The van der Waals surface area contributed by atoms with Crippen molar-refractivity contribution < 1.29 is 0 Å². The summed E-state index contributed by atoms with van der Waals surface area (Å²) in [6.07, 6.45) is 0. The van der Waals surface area contributed by atoms with Crippen molar-refractivity contribution in [2.45, 2.75) is 57.8 Å². The number of aromatic nitrogens is 8. The average molecular weight is 1700 g/mol. The molecule has 3 aliphatic carbocycles. The molecule has 8 nitrogen and oxygen atoms in total. The van der Waals surface area contributed by atoms with Crippen LogP contribution in [0.5, 0.6) is 0 Å². The van der Waals surface area contributed by atoms with Crippen molar-refractivity contribution in [3.8, 4) is 101 Å². The van der Waals surface area contributed by atoms with Crippen molar-refractivity contribution in [1.29, 1.82) is 0 Å². The van der Waals surface area contributed by atoms with Gasteiger partial charge in [0.15, 0.2) is 5.82 Å². The molecule has 0 fully saturated rings. The Morgan fingerprint density at radius 3 is 0.714 bits per heavy atom. The van der Waals surface area contributed by atoms with Gasteiger partial charge in [-0.1, -0.05) is 278 Å². The van der Waals surface area contributed by atoms with Gasteiger partial charge >= 0.3 is 0 Å². The van der Waals surface area contributed by atoms with Crippen molar-refractivity contribution in [3.63, 3.8) is 0 Å². The summed E-state index contributed by atoms with van der Waals surface area (Å²) in [5, 5.41) is 26.1. The van der Waals surface area contributed by atoms with Gasteiger partial charge in [0, 0.05) is 109 Å². The third-order valence-corrected chi connectivity index (χ3v) is 30.9. The summed E-state index contributed by atoms with van der Waals surface area (Å²) < 4.78 is 14.8. The van der Waals surface area contributed by atoms with E-state index in [-0.39, 0.29) is 16.2 Å². The molecule has 0 unspecified atom stereocenters. The summed E-state index contributed by atoms with van der Waals surface area (Å²) in [4.78, 5) is 0. The topological polar surface area (TPSA) is 55.4 Å². The smallest absolute Gasteiger partial charge is 0.185 e. The minimum Gasteiger partial charge on any atom is -0.309 e. The molecule has 26 aromatic rings. The molecule has 624 valence electrons. The molecule has 7 aromatic heterocycles. The summed E-state index contributed by atoms with van der Waals surface area (Å²) in [7, 11) is 0. The highest BCUT2D eigenvalue weighted by Crippen LogP contribution is 2.55. The highest BCUT2D eigenvalue weighted by atomic mass is 15.2. The number of para-hydroxylation sites is 6. The molecule has 0 spiro atoms. The van der Waals surface area contributed by atoms with Gasteiger partial charge in [0.2, 0.25) is 0 Å². The van der Waals surface area contributed by atoms with Crippen LogP contribution < -0.4 is 0 Å². The lowest BCUT2D eigenvalue weighted by atomic mass is 9.82. The van der Waals surface area contributed by atoms with Crippen LogP contribution in [0.3, 0.4) is 0 Å². The maximum atomic E-state index is 5.59. The molecular formula is C125H84N8. The molecule has 29 rings (SSSR count). The second-order valence-corrected chi connectivity index (χ2v) is 38.8. The maximum absolute atomic E-state index is 5.59. The molecule has 0 N–H and O–H groups in total. The average Bonchev–Trinajstić information content (AvgIpc) is 1.49. The van der Waals surface area contributed by atoms with E-state index >= 15 is 0 Å². The Morgan fingerprint density at radius 1 is 0.165 bits per heavy atom. The highest BCUT2D eigenvalue weighted by Gasteiger charge is 2.40. The predicted molar refractivity (Wildman–Crippen MR) is 555 cm³/mol. The van der Waals surface area contributed by atoms with Crippen LogP contribution in [-0.2, 0) is 16.2 Å². The molecule has 0 atom stereocenters. The maximum Gasteiger partial charge on any atom is 0.185 e. The van der Waals surface area contributed by atoms with E-state index in [1.54, 1.807) is 0 Å². The first-order chi connectivity index (χ1) is 65.2. The lowest BCUT2D eigenvalue weighted by Gasteiger charge is -2.22. The summed E-state index contributed by atoms with van der Waals surface area (Å²) in [5.74, 6) is 0.718. The molecule has 19 aromatic carbocycles. The molecule has 0 radical (unpaired) electrons. The van der Waals surface area contributed by atoms with E-state index in [0.29, 0.717) is 0 Å². The quantitative estimate of drug-likeness (QED) is 0.145.